The van der Waals surface area contributed by atoms with Gasteiger partial charge in [0, 0.05) is 18.9 Å². The summed E-state index contributed by atoms with van der Waals surface area (Å²) in [5, 5.41) is 4.17. The molecule has 0 spiro atoms. The zero-order valence-electron chi connectivity index (χ0n) is 10.1. The molecule has 0 aliphatic heterocycles. The lowest BCUT2D eigenvalue weighted by Crippen LogP contribution is -2.12. The van der Waals surface area contributed by atoms with Crippen LogP contribution >= 0.6 is 0 Å². The predicted molar refractivity (Wildman–Crippen MR) is 67.5 cm³/mol. The Morgan fingerprint density at radius 3 is 2.76 bits per heavy atom. The lowest BCUT2D eigenvalue weighted by atomic mass is 10.2. The van der Waals surface area contributed by atoms with Gasteiger partial charge in [-0.15, -0.1) is 0 Å². The van der Waals surface area contributed by atoms with Gasteiger partial charge in [0.1, 0.15) is 0 Å². The zero-order valence-corrected chi connectivity index (χ0v) is 10.1. The molecule has 1 aromatic carbocycles. The number of aryl methyl sites for hydroxylation is 1. The third-order valence-electron chi connectivity index (χ3n) is 2.70. The largest absolute Gasteiger partial charge is 0.374 e. The van der Waals surface area contributed by atoms with E-state index in [0.29, 0.717) is 6.61 Å². The molecule has 3 nitrogen and oxygen atoms in total. The molecule has 0 saturated heterocycles. The summed E-state index contributed by atoms with van der Waals surface area (Å²) in [6, 6.07) is 12.2. The molecule has 0 saturated carbocycles. The van der Waals surface area contributed by atoms with Gasteiger partial charge in [-0.2, -0.15) is 5.10 Å². The molecule has 1 heterocycles. The van der Waals surface area contributed by atoms with E-state index in [9.17, 15) is 0 Å². The molecular weight excluding hydrogens is 212 g/mol. The molecule has 0 radical (unpaired) electrons. The Morgan fingerprint density at radius 1 is 1.24 bits per heavy atom. The van der Waals surface area contributed by atoms with Gasteiger partial charge >= 0.3 is 0 Å². The third kappa shape index (κ3) is 4.04. The van der Waals surface area contributed by atoms with Crippen molar-refractivity contribution in [1.29, 1.82) is 0 Å². The highest BCUT2D eigenvalue weighted by molar-refractivity contribution is 5.13. The predicted octanol–water partition coefficient (Wildman–Crippen LogP) is 2.88. The minimum Gasteiger partial charge on any atom is -0.374 e. The molecule has 2 aromatic rings. The van der Waals surface area contributed by atoms with E-state index in [1.165, 1.54) is 5.56 Å². The van der Waals surface area contributed by atoms with E-state index in [4.69, 9.17) is 4.74 Å². The fourth-order valence-electron chi connectivity index (χ4n) is 1.64. The minimum absolute atomic E-state index is 0.249. The standard InChI is InChI=1S/C14H18N2O/c1-13(8-11-16-10-5-9-15-16)17-12-14-6-3-2-4-7-14/h2-7,9-10,13H,8,11-12H2,1H3/t13-/m0/s1. The van der Waals surface area contributed by atoms with Crippen LogP contribution in [0.1, 0.15) is 18.9 Å². The molecule has 0 bridgehead atoms. The SMILES string of the molecule is C[C@@H](CCn1cccn1)OCc1ccccc1. The molecule has 0 aliphatic rings. The molecule has 2 rings (SSSR count). The highest BCUT2D eigenvalue weighted by atomic mass is 16.5. The Morgan fingerprint density at radius 2 is 2.06 bits per heavy atom. The van der Waals surface area contributed by atoms with E-state index in [-0.39, 0.29) is 6.10 Å². The molecule has 1 aromatic heterocycles. The molecule has 3 heteroatoms. The molecule has 1 atom stereocenters. The second-order valence-corrected chi connectivity index (χ2v) is 4.17. The molecule has 0 unspecified atom stereocenters. The van der Waals surface area contributed by atoms with Crippen LogP contribution in [-0.2, 0) is 17.9 Å². The Kier molecular flexibility index (Phi) is 4.33. The Labute approximate surface area is 102 Å². The smallest absolute Gasteiger partial charge is 0.0720 e. The quantitative estimate of drug-likeness (QED) is 0.763. The second kappa shape index (κ2) is 6.21. The summed E-state index contributed by atoms with van der Waals surface area (Å²) in [4.78, 5) is 0. The zero-order chi connectivity index (χ0) is 11.9. The van der Waals surface area contributed by atoms with Gasteiger partial charge in [-0.3, -0.25) is 4.68 Å². The van der Waals surface area contributed by atoms with Crippen LogP contribution in [0.15, 0.2) is 48.8 Å². The number of hydrogen-bond donors (Lipinski definition) is 0. The number of nitrogens with zero attached hydrogens (tertiary/aromatic N) is 2. The van der Waals surface area contributed by atoms with Gasteiger partial charge in [-0.1, -0.05) is 30.3 Å². The summed E-state index contributed by atoms with van der Waals surface area (Å²) >= 11 is 0. The van der Waals surface area contributed by atoms with Crippen LogP contribution in [0.25, 0.3) is 0 Å². The van der Waals surface area contributed by atoms with Gasteiger partial charge < -0.3 is 4.74 Å². The van der Waals surface area contributed by atoms with Crippen molar-refractivity contribution in [2.24, 2.45) is 0 Å². The van der Waals surface area contributed by atoms with E-state index in [0.717, 1.165) is 13.0 Å². The van der Waals surface area contributed by atoms with E-state index in [1.807, 2.05) is 35.1 Å². The highest BCUT2D eigenvalue weighted by Gasteiger charge is 2.03. The molecule has 0 amide bonds. The second-order valence-electron chi connectivity index (χ2n) is 4.17. The van der Waals surface area contributed by atoms with Gasteiger partial charge in [0.15, 0.2) is 0 Å². The van der Waals surface area contributed by atoms with Crippen molar-refractivity contribution in [3.8, 4) is 0 Å². The van der Waals surface area contributed by atoms with Crippen LogP contribution in [0.4, 0.5) is 0 Å². The average molecular weight is 230 g/mol. The van der Waals surface area contributed by atoms with Crippen LogP contribution in [0.5, 0.6) is 0 Å². The summed E-state index contributed by atoms with van der Waals surface area (Å²) < 4.78 is 7.72. The number of aromatic nitrogens is 2. The number of benzene rings is 1. The molecule has 0 aliphatic carbocycles. The van der Waals surface area contributed by atoms with Crippen molar-refractivity contribution < 1.29 is 4.74 Å². The lowest BCUT2D eigenvalue weighted by Gasteiger charge is -2.13. The summed E-state index contributed by atoms with van der Waals surface area (Å²) in [5.74, 6) is 0. The first-order valence-electron chi connectivity index (χ1n) is 5.97. The van der Waals surface area contributed by atoms with Crippen molar-refractivity contribution in [2.75, 3.05) is 0 Å². The monoisotopic (exact) mass is 230 g/mol. The Balaban J connectivity index is 1.69. The molecule has 90 valence electrons. The van der Waals surface area contributed by atoms with Gasteiger partial charge in [-0.05, 0) is 25.0 Å². The fourth-order valence-corrected chi connectivity index (χ4v) is 1.64. The maximum atomic E-state index is 5.79. The van der Waals surface area contributed by atoms with E-state index >= 15 is 0 Å². The van der Waals surface area contributed by atoms with Gasteiger partial charge in [0.2, 0.25) is 0 Å². The van der Waals surface area contributed by atoms with Gasteiger partial charge in [0.25, 0.3) is 0 Å². The number of rotatable bonds is 6. The van der Waals surface area contributed by atoms with Crippen molar-refractivity contribution >= 4 is 0 Å². The van der Waals surface area contributed by atoms with Crippen molar-refractivity contribution in [3.63, 3.8) is 0 Å². The first-order chi connectivity index (χ1) is 8.34. The van der Waals surface area contributed by atoms with Crippen LogP contribution in [0.3, 0.4) is 0 Å². The summed E-state index contributed by atoms with van der Waals surface area (Å²) in [7, 11) is 0. The average Bonchev–Trinajstić information content (AvgIpc) is 2.88. The Hall–Kier alpha value is -1.61. The highest BCUT2D eigenvalue weighted by Crippen LogP contribution is 2.06. The van der Waals surface area contributed by atoms with Crippen molar-refractivity contribution in [3.05, 3.63) is 54.4 Å². The molecule has 0 N–H and O–H groups in total. The van der Waals surface area contributed by atoms with Gasteiger partial charge in [0.05, 0.1) is 12.7 Å². The van der Waals surface area contributed by atoms with Crippen LogP contribution in [0, 0.1) is 0 Å². The van der Waals surface area contributed by atoms with Crippen molar-refractivity contribution in [2.45, 2.75) is 32.6 Å². The fraction of sp³-hybridized carbons (Fsp3) is 0.357. The number of ether oxygens (including phenoxy) is 1. The minimum atomic E-state index is 0.249. The maximum Gasteiger partial charge on any atom is 0.0720 e. The van der Waals surface area contributed by atoms with E-state index in [1.54, 1.807) is 6.20 Å². The summed E-state index contributed by atoms with van der Waals surface area (Å²) in [6.07, 6.45) is 5.01. The third-order valence-corrected chi connectivity index (χ3v) is 2.70. The van der Waals surface area contributed by atoms with Crippen molar-refractivity contribution in [1.82, 2.24) is 9.78 Å². The Bertz CT molecular complexity index is 411. The van der Waals surface area contributed by atoms with Crippen LogP contribution in [0.2, 0.25) is 0 Å². The lowest BCUT2D eigenvalue weighted by molar-refractivity contribution is 0.0442. The van der Waals surface area contributed by atoms with E-state index < -0.39 is 0 Å². The first kappa shape index (κ1) is 11.9. The normalized spacial score (nSPS) is 12.5. The molecular formula is C14H18N2O. The molecule has 0 fully saturated rings. The van der Waals surface area contributed by atoms with Crippen LogP contribution < -0.4 is 0 Å². The molecule has 17 heavy (non-hydrogen) atoms. The van der Waals surface area contributed by atoms with Gasteiger partial charge in [-0.25, -0.2) is 0 Å². The first-order valence-corrected chi connectivity index (χ1v) is 5.97. The summed E-state index contributed by atoms with van der Waals surface area (Å²) in [5.41, 5.74) is 1.22. The topological polar surface area (TPSA) is 27.1 Å². The van der Waals surface area contributed by atoms with Crippen LogP contribution in [-0.4, -0.2) is 15.9 Å². The maximum absolute atomic E-state index is 5.79. The number of hydrogen-bond acceptors (Lipinski definition) is 2. The van der Waals surface area contributed by atoms with E-state index in [2.05, 4.69) is 24.2 Å². The summed E-state index contributed by atoms with van der Waals surface area (Å²) in [6.45, 7) is 3.69.